The largest absolute Gasteiger partial charge is 0.394 e. The molecular weight excluding hydrogens is 304 g/mol. The summed E-state index contributed by atoms with van der Waals surface area (Å²) in [5.41, 5.74) is 0.915. The third-order valence-corrected chi connectivity index (χ3v) is 3.65. The van der Waals surface area contributed by atoms with Gasteiger partial charge in [-0.05, 0) is 12.1 Å². The van der Waals surface area contributed by atoms with Crippen molar-refractivity contribution >= 4 is 5.91 Å². The molecular formula is C15H18N2O6. The van der Waals surface area contributed by atoms with Gasteiger partial charge < -0.3 is 35.3 Å². The fraction of sp³-hybridized carbons (Fsp3) is 0.467. The van der Waals surface area contributed by atoms with E-state index in [1.807, 2.05) is 0 Å². The van der Waals surface area contributed by atoms with E-state index in [9.17, 15) is 20.1 Å². The molecule has 5 unspecified atom stereocenters. The Morgan fingerprint density at radius 3 is 2.70 bits per heavy atom. The number of aliphatic hydroxyl groups is 4. The fourth-order valence-corrected chi connectivity index (χ4v) is 2.39. The summed E-state index contributed by atoms with van der Waals surface area (Å²) >= 11 is 0. The van der Waals surface area contributed by atoms with E-state index in [1.165, 1.54) is 12.1 Å². The predicted octanol–water partition coefficient (Wildman–Crippen LogP) is -1.36. The van der Waals surface area contributed by atoms with Crippen LogP contribution in [0, 0.1) is 6.57 Å². The molecule has 1 heterocycles. The number of benzene rings is 1. The molecule has 5 N–H and O–H groups in total. The van der Waals surface area contributed by atoms with Crippen LogP contribution in [0.4, 0.5) is 0 Å². The second kappa shape index (κ2) is 7.50. The number of carbonyl (C=O) groups excluding carboxylic acids is 1. The van der Waals surface area contributed by atoms with Gasteiger partial charge in [0.2, 0.25) is 6.54 Å². The highest BCUT2D eigenvalue weighted by Gasteiger charge is 2.44. The lowest BCUT2D eigenvalue weighted by Crippen LogP contribution is -2.64. The Morgan fingerprint density at radius 1 is 1.30 bits per heavy atom. The van der Waals surface area contributed by atoms with E-state index >= 15 is 0 Å². The Morgan fingerprint density at radius 2 is 2.04 bits per heavy atom. The smallest absolute Gasteiger partial charge is 0.251 e. The minimum Gasteiger partial charge on any atom is -0.394 e. The molecule has 1 amide bonds. The third kappa shape index (κ3) is 3.85. The van der Waals surface area contributed by atoms with Crippen molar-refractivity contribution in [2.75, 3.05) is 6.61 Å². The molecule has 0 spiro atoms. The van der Waals surface area contributed by atoms with Crippen LogP contribution in [0.5, 0.6) is 0 Å². The lowest BCUT2D eigenvalue weighted by Gasteiger charge is -2.40. The number of hydrogen-bond donors (Lipinski definition) is 5. The van der Waals surface area contributed by atoms with Gasteiger partial charge >= 0.3 is 0 Å². The Hall–Kier alpha value is -2.02. The zero-order valence-corrected chi connectivity index (χ0v) is 12.2. The molecule has 23 heavy (non-hydrogen) atoms. The molecule has 5 atom stereocenters. The van der Waals surface area contributed by atoms with Crippen LogP contribution in [0.1, 0.15) is 15.9 Å². The van der Waals surface area contributed by atoms with Crippen LogP contribution in [0.2, 0.25) is 0 Å². The summed E-state index contributed by atoms with van der Waals surface area (Å²) in [4.78, 5) is 15.5. The molecule has 2 rings (SSSR count). The lowest BCUT2D eigenvalue weighted by atomic mass is 9.96. The fourth-order valence-electron chi connectivity index (χ4n) is 2.39. The van der Waals surface area contributed by atoms with Crippen LogP contribution >= 0.6 is 0 Å². The van der Waals surface area contributed by atoms with E-state index in [0.717, 1.165) is 0 Å². The van der Waals surface area contributed by atoms with Gasteiger partial charge in [-0.15, -0.1) is 0 Å². The lowest BCUT2D eigenvalue weighted by molar-refractivity contribution is -0.252. The van der Waals surface area contributed by atoms with Gasteiger partial charge in [0.15, 0.2) is 6.29 Å². The summed E-state index contributed by atoms with van der Waals surface area (Å²) in [5, 5.41) is 41.0. The van der Waals surface area contributed by atoms with Crippen molar-refractivity contribution in [1.29, 1.82) is 0 Å². The van der Waals surface area contributed by atoms with Crippen LogP contribution < -0.4 is 5.32 Å². The maximum absolute atomic E-state index is 12.2. The topological polar surface area (TPSA) is 124 Å². The van der Waals surface area contributed by atoms with Crippen molar-refractivity contribution in [3.05, 3.63) is 46.8 Å². The third-order valence-electron chi connectivity index (χ3n) is 3.65. The van der Waals surface area contributed by atoms with Crippen molar-refractivity contribution < 1.29 is 30.0 Å². The minimum absolute atomic E-state index is 0.135. The highest BCUT2D eigenvalue weighted by Crippen LogP contribution is 2.20. The van der Waals surface area contributed by atoms with Gasteiger partial charge in [-0.25, -0.2) is 6.57 Å². The van der Waals surface area contributed by atoms with E-state index in [2.05, 4.69) is 10.2 Å². The SMILES string of the molecule is [C-]#[N+]Cc1cccc(C(=O)NC2C(O)OC(CO)C(O)C2O)c1. The molecule has 1 aromatic rings. The van der Waals surface area contributed by atoms with Gasteiger partial charge in [0.1, 0.15) is 24.4 Å². The molecule has 1 aliphatic rings. The minimum atomic E-state index is -1.57. The Balaban J connectivity index is 2.10. The summed E-state index contributed by atoms with van der Waals surface area (Å²) in [5.74, 6) is -0.585. The molecule has 0 aromatic heterocycles. The van der Waals surface area contributed by atoms with E-state index in [-0.39, 0.29) is 12.1 Å². The van der Waals surface area contributed by atoms with E-state index in [0.29, 0.717) is 5.56 Å². The van der Waals surface area contributed by atoms with Gasteiger partial charge in [0, 0.05) is 11.1 Å². The first-order valence-corrected chi connectivity index (χ1v) is 7.01. The Bertz CT molecular complexity index is 602. The quantitative estimate of drug-likeness (QED) is 0.436. The van der Waals surface area contributed by atoms with Gasteiger partial charge in [0.05, 0.1) is 6.61 Å². The summed E-state index contributed by atoms with van der Waals surface area (Å²) in [6, 6.07) is 5.14. The molecule has 1 aliphatic heterocycles. The van der Waals surface area contributed by atoms with Gasteiger partial charge in [-0.2, -0.15) is 0 Å². The summed E-state index contributed by atoms with van der Waals surface area (Å²) in [6.45, 7) is 6.39. The first kappa shape index (κ1) is 17.3. The summed E-state index contributed by atoms with van der Waals surface area (Å²) in [7, 11) is 0. The number of amides is 1. The molecule has 124 valence electrons. The first-order chi connectivity index (χ1) is 11.0. The molecule has 8 nitrogen and oxygen atoms in total. The molecule has 8 heteroatoms. The zero-order chi connectivity index (χ0) is 17.0. The normalized spacial score (nSPS) is 30.5. The number of nitrogens with one attached hydrogen (secondary N) is 1. The number of rotatable bonds is 4. The molecule has 0 saturated carbocycles. The predicted molar refractivity (Wildman–Crippen MR) is 78.0 cm³/mol. The van der Waals surface area contributed by atoms with E-state index < -0.39 is 43.2 Å². The first-order valence-electron chi connectivity index (χ1n) is 7.01. The van der Waals surface area contributed by atoms with Gasteiger partial charge in [-0.1, -0.05) is 12.1 Å². The maximum atomic E-state index is 12.2. The number of aliphatic hydroxyl groups excluding tert-OH is 4. The highest BCUT2D eigenvalue weighted by atomic mass is 16.6. The number of nitrogens with zero attached hydrogens (tertiary/aromatic N) is 1. The van der Waals surface area contributed by atoms with Gasteiger partial charge in [-0.3, -0.25) is 4.79 Å². The highest BCUT2D eigenvalue weighted by molar-refractivity contribution is 5.94. The second-order valence-corrected chi connectivity index (χ2v) is 5.24. The average Bonchev–Trinajstić information content (AvgIpc) is 2.55. The van der Waals surface area contributed by atoms with Crippen molar-refractivity contribution in [2.45, 2.75) is 37.2 Å². The van der Waals surface area contributed by atoms with Gasteiger partial charge in [0.25, 0.3) is 5.91 Å². The van der Waals surface area contributed by atoms with Crippen molar-refractivity contribution in [3.63, 3.8) is 0 Å². The van der Waals surface area contributed by atoms with E-state index in [1.54, 1.807) is 12.1 Å². The van der Waals surface area contributed by atoms with Crippen LogP contribution in [0.25, 0.3) is 4.85 Å². The van der Waals surface area contributed by atoms with Crippen molar-refractivity contribution in [2.24, 2.45) is 0 Å². The molecule has 0 radical (unpaired) electrons. The molecule has 0 aliphatic carbocycles. The Labute approximate surface area is 132 Å². The van der Waals surface area contributed by atoms with Crippen molar-refractivity contribution in [1.82, 2.24) is 5.32 Å². The number of hydrogen-bond acceptors (Lipinski definition) is 6. The zero-order valence-electron chi connectivity index (χ0n) is 12.2. The van der Waals surface area contributed by atoms with Crippen LogP contribution in [-0.4, -0.2) is 63.6 Å². The standard InChI is InChI=1S/C15H18N2O6/c1-16-6-8-3-2-4-9(5-8)14(21)17-11-13(20)12(19)10(7-18)23-15(11)22/h2-5,10-13,15,18-20,22H,6-7H2,(H,17,21). The summed E-state index contributed by atoms with van der Waals surface area (Å²) < 4.78 is 4.97. The summed E-state index contributed by atoms with van der Waals surface area (Å²) in [6.07, 6.45) is -5.63. The molecule has 0 bridgehead atoms. The van der Waals surface area contributed by atoms with Crippen LogP contribution in [-0.2, 0) is 11.3 Å². The molecule has 1 fully saturated rings. The Kier molecular flexibility index (Phi) is 5.65. The van der Waals surface area contributed by atoms with Crippen molar-refractivity contribution in [3.8, 4) is 0 Å². The van der Waals surface area contributed by atoms with E-state index in [4.69, 9.17) is 16.4 Å². The molecule has 1 aromatic carbocycles. The number of ether oxygens (including phenoxy) is 1. The van der Waals surface area contributed by atoms with Crippen LogP contribution in [0.15, 0.2) is 24.3 Å². The number of carbonyl (C=O) groups is 1. The maximum Gasteiger partial charge on any atom is 0.251 e. The second-order valence-electron chi connectivity index (χ2n) is 5.24. The molecule has 1 saturated heterocycles. The van der Waals surface area contributed by atoms with Crippen LogP contribution in [0.3, 0.4) is 0 Å². The average molecular weight is 322 g/mol. The monoisotopic (exact) mass is 322 g/mol.